The molecule has 0 radical (unpaired) electrons. The molecular weight excluding hydrogens is 326 g/mol. The molecule has 26 heavy (non-hydrogen) atoms. The van der Waals surface area contributed by atoms with Gasteiger partial charge in [-0.3, -0.25) is 9.80 Å². The molecule has 6 heteroatoms. The zero-order valence-electron chi connectivity index (χ0n) is 15.2. The second-order valence-corrected chi connectivity index (χ2v) is 7.46. The van der Waals surface area contributed by atoms with Crippen molar-refractivity contribution in [1.29, 1.82) is 5.26 Å². The molecule has 2 aromatic rings. The summed E-state index contributed by atoms with van der Waals surface area (Å²) < 4.78 is 5.93. The van der Waals surface area contributed by atoms with Crippen molar-refractivity contribution in [3.8, 4) is 6.07 Å². The predicted molar refractivity (Wildman–Crippen MR) is 98.3 cm³/mol. The second-order valence-electron chi connectivity index (χ2n) is 7.46. The summed E-state index contributed by atoms with van der Waals surface area (Å²) in [6.45, 7) is 8.25. The molecule has 2 saturated heterocycles. The van der Waals surface area contributed by atoms with E-state index in [0.29, 0.717) is 12.0 Å². The van der Waals surface area contributed by atoms with Crippen LogP contribution < -0.4 is 0 Å². The number of nitrogens with one attached hydrogen (secondary N) is 1. The number of nitriles is 1. The third kappa shape index (κ3) is 3.80. The van der Waals surface area contributed by atoms with E-state index in [2.05, 4.69) is 31.9 Å². The molecule has 2 bridgehead atoms. The van der Waals surface area contributed by atoms with E-state index in [1.807, 2.05) is 31.3 Å². The van der Waals surface area contributed by atoms with Gasteiger partial charge >= 0.3 is 0 Å². The molecule has 2 fully saturated rings. The van der Waals surface area contributed by atoms with Crippen molar-refractivity contribution in [2.24, 2.45) is 5.92 Å². The normalized spacial score (nSPS) is 24.2. The van der Waals surface area contributed by atoms with Crippen LogP contribution in [0.1, 0.15) is 22.6 Å². The minimum absolute atomic E-state index is 0.338. The van der Waals surface area contributed by atoms with Gasteiger partial charge in [0, 0.05) is 50.0 Å². The van der Waals surface area contributed by atoms with Crippen molar-refractivity contribution in [3.63, 3.8) is 0 Å². The van der Waals surface area contributed by atoms with Gasteiger partial charge in [0.25, 0.3) is 0 Å². The summed E-state index contributed by atoms with van der Waals surface area (Å²) in [6.07, 6.45) is 1.89. The second kappa shape index (κ2) is 7.58. The van der Waals surface area contributed by atoms with Crippen molar-refractivity contribution >= 4 is 0 Å². The first-order valence-electron chi connectivity index (χ1n) is 9.24. The Bertz CT molecular complexity index is 795. The molecule has 1 N–H and O–H groups in total. The van der Waals surface area contributed by atoms with E-state index in [9.17, 15) is 5.26 Å². The molecular formula is C20H25N5O. The number of fused-ring (bicyclic) bond motifs is 3. The molecule has 3 heterocycles. The van der Waals surface area contributed by atoms with Crippen molar-refractivity contribution in [1.82, 2.24) is 19.8 Å². The van der Waals surface area contributed by atoms with Crippen molar-refractivity contribution in [2.45, 2.75) is 26.1 Å². The van der Waals surface area contributed by atoms with Gasteiger partial charge in [0.2, 0.25) is 0 Å². The van der Waals surface area contributed by atoms with Gasteiger partial charge in [-0.2, -0.15) is 5.26 Å². The monoisotopic (exact) mass is 351 g/mol. The molecule has 1 aromatic carbocycles. The maximum atomic E-state index is 9.39. The fraction of sp³-hybridized carbons (Fsp3) is 0.500. The van der Waals surface area contributed by atoms with E-state index in [-0.39, 0.29) is 0 Å². The number of imidazole rings is 1. The first-order chi connectivity index (χ1) is 12.7. The summed E-state index contributed by atoms with van der Waals surface area (Å²) >= 11 is 0. The molecule has 2 aliphatic heterocycles. The molecule has 4 rings (SSSR count). The van der Waals surface area contributed by atoms with Crippen LogP contribution in [0.2, 0.25) is 0 Å². The van der Waals surface area contributed by atoms with E-state index in [0.717, 1.165) is 68.6 Å². The summed E-state index contributed by atoms with van der Waals surface area (Å²) in [7, 11) is 0. The van der Waals surface area contributed by atoms with Crippen LogP contribution in [0.4, 0.5) is 0 Å². The molecule has 2 atom stereocenters. The standard InChI is InChI=1S/C20H25N5O/c1-15-7-22-20(23-15)12-24-8-16-9-25(19(11-24)14-26-13-16)10-18-5-3-2-4-17(18)6-21/h2-5,7,16,19H,8-14H2,1H3,(H,22,23)/t16-,19-/m0/s1. The fourth-order valence-electron chi connectivity index (χ4n) is 4.09. The maximum Gasteiger partial charge on any atom is 0.120 e. The number of rotatable bonds is 4. The van der Waals surface area contributed by atoms with Gasteiger partial charge < -0.3 is 9.72 Å². The lowest BCUT2D eigenvalue weighted by molar-refractivity contribution is 0.0463. The smallest absolute Gasteiger partial charge is 0.120 e. The number of hydrogen-bond acceptors (Lipinski definition) is 5. The van der Waals surface area contributed by atoms with Crippen molar-refractivity contribution in [2.75, 3.05) is 32.8 Å². The average Bonchev–Trinajstić information content (AvgIpc) is 2.84. The molecule has 136 valence electrons. The maximum absolute atomic E-state index is 9.39. The third-order valence-electron chi connectivity index (χ3n) is 5.30. The Kier molecular flexibility index (Phi) is 5.02. The van der Waals surface area contributed by atoms with Crippen LogP contribution >= 0.6 is 0 Å². The van der Waals surface area contributed by atoms with E-state index in [1.165, 1.54) is 0 Å². The molecule has 1 aromatic heterocycles. The van der Waals surface area contributed by atoms with Crippen molar-refractivity contribution < 1.29 is 4.74 Å². The molecule has 0 unspecified atom stereocenters. The summed E-state index contributed by atoms with van der Waals surface area (Å²) in [4.78, 5) is 12.8. The highest BCUT2D eigenvalue weighted by Crippen LogP contribution is 2.23. The Morgan fingerprint density at radius 1 is 1.23 bits per heavy atom. The fourth-order valence-corrected chi connectivity index (χ4v) is 4.09. The van der Waals surface area contributed by atoms with Gasteiger partial charge in [-0.25, -0.2) is 4.98 Å². The minimum Gasteiger partial charge on any atom is -0.379 e. The SMILES string of the molecule is Cc1cnc(CN2C[C@@H]3COC[C@H](C2)N(Cc2ccccc2C#N)C3)[nH]1. The number of nitrogens with zero attached hydrogens (tertiary/aromatic N) is 4. The predicted octanol–water partition coefficient (Wildman–Crippen LogP) is 1.92. The van der Waals surface area contributed by atoms with Crippen LogP contribution in [0.3, 0.4) is 0 Å². The Morgan fingerprint density at radius 2 is 2.12 bits per heavy atom. The number of ether oxygens (including phenoxy) is 1. The van der Waals surface area contributed by atoms with Crippen LogP contribution in [0.5, 0.6) is 0 Å². The lowest BCUT2D eigenvalue weighted by Crippen LogP contribution is -2.43. The van der Waals surface area contributed by atoms with Crippen LogP contribution in [-0.2, 0) is 17.8 Å². The van der Waals surface area contributed by atoms with Crippen LogP contribution in [0.15, 0.2) is 30.5 Å². The van der Waals surface area contributed by atoms with Gasteiger partial charge in [-0.15, -0.1) is 0 Å². The highest BCUT2D eigenvalue weighted by atomic mass is 16.5. The average molecular weight is 351 g/mol. The number of aromatic amines is 1. The quantitative estimate of drug-likeness (QED) is 0.911. The van der Waals surface area contributed by atoms with E-state index < -0.39 is 0 Å². The number of H-pyrrole nitrogens is 1. The summed E-state index contributed by atoms with van der Waals surface area (Å²) in [5.41, 5.74) is 2.99. The lowest BCUT2D eigenvalue weighted by Gasteiger charge is -2.31. The Labute approximate surface area is 154 Å². The van der Waals surface area contributed by atoms with Gasteiger partial charge in [0.1, 0.15) is 5.82 Å². The highest BCUT2D eigenvalue weighted by Gasteiger charge is 2.33. The Morgan fingerprint density at radius 3 is 2.92 bits per heavy atom. The lowest BCUT2D eigenvalue weighted by atomic mass is 10.1. The topological polar surface area (TPSA) is 68.2 Å². The summed E-state index contributed by atoms with van der Waals surface area (Å²) in [5.74, 6) is 1.51. The third-order valence-corrected chi connectivity index (χ3v) is 5.30. The zero-order chi connectivity index (χ0) is 17.9. The number of aryl methyl sites for hydroxylation is 1. The van der Waals surface area contributed by atoms with Gasteiger partial charge in [-0.05, 0) is 18.6 Å². The first-order valence-corrected chi connectivity index (χ1v) is 9.24. The number of benzene rings is 1. The number of aromatic nitrogens is 2. The summed E-state index contributed by atoms with van der Waals surface area (Å²) in [5, 5.41) is 9.39. The molecule has 0 amide bonds. The van der Waals surface area contributed by atoms with E-state index in [4.69, 9.17) is 4.74 Å². The van der Waals surface area contributed by atoms with Gasteiger partial charge in [0.05, 0.1) is 31.4 Å². The highest BCUT2D eigenvalue weighted by molar-refractivity contribution is 5.37. The summed E-state index contributed by atoms with van der Waals surface area (Å²) in [6, 6.07) is 10.6. The molecule has 6 nitrogen and oxygen atoms in total. The van der Waals surface area contributed by atoms with Gasteiger partial charge in [0.15, 0.2) is 0 Å². The van der Waals surface area contributed by atoms with E-state index >= 15 is 0 Å². The molecule has 0 spiro atoms. The zero-order valence-corrected chi connectivity index (χ0v) is 15.2. The van der Waals surface area contributed by atoms with Gasteiger partial charge in [-0.1, -0.05) is 18.2 Å². The van der Waals surface area contributed by atoms with Crippen LogP contribution in [0.25, 0.3) is 0 Å². The van der Waals surface area contributed by atoms with E-state index in [1.54, 1.807) is 0 Å². The van der Waals surface area contributed by atoms with Crippen LogP contribution in [-0.4, -0.2) is 58.7 Å². The Hall–Kier alpha value is -2.20. The molecule has 0 saturated carbocycles. The Balaban J connectivity index is 1.50. The van der Waals surface area contributed by atoms with Crippen molar-refractivity contribution in [3.05, 3.63) is 53.1 Å². The molecule has 2 aliphatic rings. The first kappa shape index (κ1) is 17.2. The number of hydrogen-bond donors (Lipinski definition) is 1. The minimum atomic E-state index is 0.338. The largest absolute Gasteiger partial charge is 0.379 e. The molecule has 0 aliphatic carbocycles. The van der Waals surface area contributed by atoms with Crippen LogP contribution in [0, 0.1) is 24.2 Å².